The summed E-state index contributed by atoms with van der Waals surface area (Å²) in [6.07, 6.45) is 1.79. The van der Waals surface area contributed by atoms with E-state index < -0.39 is 12.1 Å². The fraction of sp³-hybridized carbons (Fsp3) is 0.360. The van der Waals surface area contributed by atoms with Crippen LogP contribution in [0.1, 0.15) is 54.9 Å². The molecule has 0 saturated carbocycles. The summed E-state index contributed by atoms with van der Waals surface area (Å²) >= 11 is 0. The average molecular weight is 434 g/mol. The smallest absolute Gasteiger partial charge is 0.268 e. The minimum Gasteiger partial charge on any atom is -0.471 e. The summed E-state index contributed by atoms with van der Waals surface area (Å²) in [6, 6.07) is 10.5. The molecule has 3 aromatic rings. The Kier molecular flexibility index (Phi) is 5.93. The maximum atomic E-state index is 11.9. The topological polar surface area (TPSA) is 110 Å². The highest BCUT2D eigenvalue weighted by Gasteiger charge is 2.32. The second-order valence-electron chi connectivity index (χ2n) is 8.70. The number of benzene rings is 1. The summed E-state index contributed by atoms with van der Waals surface area (Å²) in [6.45, 7) is 9.56. The van der Waals surface area contributed by atoms with Gasteiger partial charge in [-0.2, -0.15) is 0 Å². The molecule has 1 aliphatic rings. The number of fused-ring (bicyclic) bond motifs is 1. The van der Waals surface area contributed by atoms with Crippen LogP contribution < -0.4 is 11.5 Å². The van der Waals surface area contributed by atoms with Crippen molar-refractivity contribution in [3.05, 3.63) is 64.8 Å². The van der Waals surface area contributed by atoms with Gasteiger partial charge in [-0.1, -0.05) is 19.9 Å². The zero-order chi connectivity index (χ0) is 23.0. The summed E-state index contributed by atoms with van der Waals surface area (Å²) in [5, 5.41) is 1.15. The first-order chi connectivity index (χ1) is 15.3. The Balaban J connectivity index is 1.80. The number of hydrogen-bond acceptors (Lipinski definition) is 5. The summed E-state index contributed by atoms with van der Waals surface area (Å²) in [5.41, 5.74) is 19.2. The molecule has 0 fully saturated rings. The van der Waals surface area contributed by atoms with Crippen LogP contribution in [-0.4, -0.2) is 33.9 Å². The molecule has 0 bridgehead atoms. The number of amides is 1. The van der Waals surface area contributed by atoms with E-state index in [0.717, 1.165) is 45.5 Å². The summed E-state index contributed by atoms with van der Waals surface area (Å²) < 4.78 is 5.90. The van der Waals surface area contributed by atoms with Crippen molar-refractivity contribution in [3.63, 3.8) is 0 Å². The van der Waals surface area contributed by atoms with Crippen LogP contribution in [0.4, 0.5) is 0 Å². The number of carbonyl (C=O) groups is 1. The van der Waals surface area contributed by atoms with Crippen LogP contribution in [0.3, 0.4) is 0 Å². The molecule has 7 nitrogen and oxygen atoms in total. The molecular formula is C25H31N5O2. The molecule has 0 spiro atoms. The van der Waals surface area contributed by atoms with Crippen molar-refractivity contribution in [2.45, 2.75) is 46.3 Å². The van der Waals surface area contributed by atoms with Gasteiger partial charge in [-0.25, -0.2) is 0 Å². The number of primary amides is 1. The molecule has 4 rings (SSSR count). The third-order valence-corrected chi connectivity index (χ3v) is 5.85. The number of ether oxygens (including phenoxy) is 1. The first-order valence-electron chi connectivity index (χ1n) is 11.0. The van der Waals surface area contributed by atoms with E-state index in [-0.39, 0.29) is 0 Å². The molecule has 1 unspecified atom stereocenters. The molecule has 0 aliphatic carbocycles. The predicted octanol–water partition coefficient (Wildman–Crippen LogP) is 3.98. The second kappa shape index (κ2) is 8.67. The van der Waals surface area contributed by atoms with Gasteiger partial charge in [-0.3, -0.25) is 9.78 Å². The Morgan fingerprint density at radius 2 is 1.94 bits per heavy atom. The van der Waals surface area contributed by atoms with Gasteiger partial charge in [0.15, 0.2) is 6.23 Å². The third kappa shape index (κ3) is 3.96. The lowest BCUT2D eigenvalue weighted by atomic mass is 9.95. The minimum absolute atomic E-state index is 0.305. The van der Waals surface area contributed by atoms with Crippen LogP contribution in [0.2, 0.25) is 0 Å². The second-order valence-corrected chi connectivity index (χ2v) is 8.70. The van der Waals surface area contributed by atoms with Crippen molar-refractivity contribution in [1.82, 2.24) is 14.9 Å². The number of pyridine rings is 1. The summed E-state index contributed by atoms with van der Waals surface area (Å²) in [4.78, 5) is 22.0. The van der Waals surface area contributed by atoms with Gasteiger partial charge in [-0.05, 0) is 62.6 Å². The van der Waals surface area contributed by atoms with E-state index in [1.54, 1.807) is 0 Å². The SMILES string of the molecule is Cc1cc(-c2[nH]c3ccc(C4OC=C(C(N)=O)N4CCCN)cc3c2C(C)C)cc(C)n1. The zero-order valence-electron chi connectivity index (χ0n) is 19.1. The Bertz CT molecular complexity index is 1170. The minimum atomic E-state index is -0.499. The molecule has 168 valence electrons. The molecule has 32 heavy (non-hydrogen) atoms. The fourth-order valence-corrected chi connectivity index (χ4v) is 4.54. The van der Waals surface area contributed by atoms with E-state index in [4.69, 9.17) is 16.2 Å². The maximum Gasteiger partial charge on any atom is 0.268 e. The molecule has 0 radical (unpaired) electrons. The zero-order valence-corrected chi connectivity index (χ0v) is 19.1. The van der Waals surface area contributed by atoms with Crippen molar-refractivity contribution >= 4 is 16.8 Å². The van der Waals surface area contributed by atoms with Gasteiger partial charge in [0.05, 0.1) is 5.69 Å². The normalized spacial score (nSPS) is 16.0. The summed E-state index contributed by atoms with van der Waals surface area (Å²) in [7, 11) is 0. The first kappa shape index (κ1) is 21.9. The molecule has 1 aliphatic heterocycles. The average Bonchev–Trinajstić information content (AvgIpc) is 3.32. The van der Waals surface area contributed by atoms with Crippen LogP contribution >= 0.6 is 0 Å². The lowest BCUT2D eigenvalue weighted by Crippen LogP contribution is -2.32. The first-order valence-corrected chi connectivity index (χ1v) is 11.0. The fourth-order valence-electron chi connectivity index (χ4n) is 4.54. The monoisotopic (exact) mass is 433 g/mol. The number of nitrogens with two attached hydrogens (primary N) is 2. The largest absolute Gasteiger partial charge is 0.471 e. The van der Waals surface area contributed by atoms with Crippen molar-refractivity contribution in [2.24, 2.45) is 11.5 Å². The Morgan fingerprint density at radius 3 is 2.56 bits per heavy atom. The molecule has 1 atom stereocenters. The van der Waals surface area contributed by atoms with E-state index in [1.165, 1.54) is 11.8 Å². The van der Waals surface area contributed by atoms with E-state index >= 15 is 0 Å². The highest BCUT2D eigenvalue weighted by Crippen LogP contribution is 2.39. The van der Waals surface area contributed by atoms with Crippen LogP contribution in [-0.2, 0) is 9.53 Å². The predicted molar refractivity (Wildman–Crippen MR) is 127 cm³/mol. The van der Waals surface area contributed by atoms with Gasteiger partial charge < -0.3 is 26.1 Å². The van der Waals surface area contributed by atoms with E-state index in [1.807, 2.05) is 24.8 Å². The number of aromatic nitrogens is 2. The van der Waals surface area contributed by atoms with Crippen molar-refractivity contribution in [2.75, 3.05) is 13.1 Å². The van der Waals surface area contributed by atoms with Gasteiger partial charge in [0.1, 0.15) is 12.0 Å². The van der Waals surface area contributed by atoms with Crippen molar-refractivity contribution in [1.29, 1.82) is 0 Å². The van der Waals surface area contributed by atoms with E-state index in [9.17, 15) is 4.79 Å². The number of rotatable bonds is 7. The van der Waals surface area contributed by atoms with E-state index in [0.29, 0.717) is 24.7 Å². The van der Waals surface area contributed by atoms with Crippen LogP contribution in [0.15, 0.2) is 42.3 Å². The molecule has 3 heterocycles. The van der Waals surface area contributed by atoms with Crippen molar-refractivity contribution in [3.8, 4) is 11.3 Å². The molecule has 0 saturated heterocycles. The highest BCUT2D eigenvalue weighted by atomic mass is 16.5. The van der Waals surface area contributed by atoms with Gasteiger partial charge in [-0.15, -0.1) is 0 Å². The van der Waals surface area contributed by atoms with E-state index in [2.05, 4.69) is 48.1 Å². The third-order valence-electron chi connectivity index (χ3n) is 5.85. The number of nitrogens with one attached hydrogen (secondary N) is 1. The number of carbonyl (C=O) groups excluding carboxylic acids is 1. The molecule has 7 heteroatoms. The molecular weight excluding hydrogens is 402 g/mol. The Hall–Kier alpha value is -3.32. The Morgan fingerprint density at radius 1 is 1.22 bits per heavy atom. The lowest BCUT2D eigenvalue weighted by Gasteiger charge is -2.27. The van der Waals surface area contributed by atoms with Gasteiger partial charge in [0.25, 0.3) is 5.91 Å². The molecule has 1 aromatic carbocycles. The van der Waals surface area contributed by atoms with Crippen LogP contribution in [0, 0.1) is 13.8 Å². The van der Waals surface area contributed by atoms with Crippen LogP contribution in [0.5, 0.6) is 0 Å². The number of aromatic amines is 1. The molecule has 2 aromatic heterocycles. The summed E-state index contributed by atoms with van der Waals surface area (Å²) in [5.74, 6) is -0.194. The van der Waals surface area contributed by atoms with Gasteiger partial charge in [0.2, 0.25) is 0 Å². The Labute approximate surface area is 188 Å². The molecule has 1 amide bonds. The standard InChI is InChI=1S/C25H31N5O2/c1-14(2)22-19-12-17(25-30(9-5-8-26)21(13-32-25)24(27)31)6-7-20(19)29-23(22)18-10-15(3)28-16(4)11-18/h6-7,10-14,25,29H,5,8-9,26H2,1-4H3,(H2,27,31). The van der Waals surface area contributed by atoms with Gasteiger partial charge in [0, 0.05) is 40.0 Å². The number of H-pyrrole nitrogens is 1. The number of nitrogens with zero attached hydrogens (tertiary/aromatic N) is 2. The van der Waals surface area contributed by atoms with Crippen LogP contribution in [0.25, 0.3) is 22.2 Å². The number of aryl methyl sites for hydroxylation is 2. The lowest BCUT2D eigenvalue weighted by molar-refractivity contribution is -0.116. The van der Waals surface area contributed by atoms with Gasteiger partial charge >= 0.3 is 0 Å². The number of hydrogen-bond donors (Lipinski definition) is 3. The quantitative estimate of drug-likeness (QED) is 0.522. The molecule has 5 N–H and O–H groups in total. The highest BCUT2D eigenvalue weighted by molar-refractivity contribution is 5.93. The van der Waals surface area contributed by atoms with Crippen molar-refractivity contribution < 1.29 is 9.53 Å². The maximum absolute atomic E-state index is 11.9.